The molecule has 1 heterocycles. The van der Waals surface area contributed by atoms with Crippen LogP contribution in [0.15, 0.2) is 17.1 Å². The molecule has 0 bridgehead atoms. The van der Waals surface area contributed by atoms with E-state index in [4.69, 9.17) is 4.43 Å². The Hall–Kier alpha value is -0.873. The maximum Gasteiger partial charge on any atom is 0.251 e. The number of H-pyrrole nitrogens is 1. The van der Waals surface area contributed by atoms with Crippen LogP contribution in [-0.4, -0.2) is 19.9 Å². The van der Waals surface area contributed by atoms with Gasteiger partial charge in [0, 0.05) is 18.4 Å². The fourth-order valence-corrected chi connectivity index (χ4v) is 2.76. The fourth-order valence-electron chi connectivity index (χ4n) is 1.67. The van der Waals surface area contributed by atoms with Gasteiger partial charge in [-0.3, -0.25) is 4.79 Å². The van der Waals surface area contributed by atoms with Crippen molar-refractivity contribution in [2.75, 3.05) is 6.61 Å². The average Bonchev–Trinajstić information content (AvgIpc) is 2.28. The highest BCUT2D eigenvalue weighted by atomic mass is 28.4. The normalized spacial score (nSPS) is 12.7. The van der Waals surface area contributed by atoms with Gasteiger partial charge in [-0.25, -0.2) is 0 Å². The standard InChI is InChI=1S/C15H27NO2Si/c1-12-13(9-10-16-14(12)17)8-7-11-18-19(5,6)15(2,3)4/h9-10H,7-8,11H2,1-6H3,(H,16,17). The largest absolute Gasteiger partial charge is 0.417 e. The van der Waals surface area contributed by atoms with E-state index in [1.54, 1.807) is 6.20 Å². The Morgan fingerprint density at radius 2 is 1.95 bits per heavy atom. The van der Waals surface area contributed by atoms with Gasteiger partial charge in [-0.1, -0.05) is 20.8 Å². The Morgan fingerprint density at radius 1 is 1.32 bits per heavy atom. The summed E-state index contributed by atoms with van der Waals surface area (Å²) in [5.74, 6) is 0. The SMILES string of the molecule is Cc1c(CCCO[Si](C)(C)C(C)(C)C)cc[nH]c1=O. The Bertz CT molecular complexity index is 472. The van der Waals surface area contributed by atoms with Crippen molar-refractivity contribution in [2.45, 2.75) is 58.7 Å². The number of aromatic amines is 1. The van der Waals surface area contributed by atoms with Gasteiger partial charge in [-0.2, -0.15) is 0 Å². The lowest BCUT2D eigenvalue weighted by atomic mass is 10.1. The van der Waals surface area contributed by atoms with Gasteiger partial charge < -0.3 is 9.41 Å². The maximum absolute atomic E-state index is 11.5. The minimum absolute atomic E-state index is 0.0165. The van der Waals surface area contributed by atoms with Crippen LogP contribution in [-0.2, 0) is 10.8 Å². The van der Waals surface area contributed by atoms with Gasteiger partial charge in [0.25, 0.3) is 5.56 Å². The predicted octanol–water partition coefficient (Wildman–Crippen LogP) is 3.64. The smallest absolute Gasteiger partial charge is 0.251 e. The molecule has 0 aromatic carbocycles. The van der Waals surface area contributed by atoms with E-state index < -0.39 is 8.32 Å². The van der Waals surface area contributed by atoms with Crippen molar-refractivity contribution < 1.29 is 4.43 Å². The molecule has 3 nitrogen and oxygen atoms in total. The molecule has 0 radical (unpaired) electrons. The Kier molecular flexibility index (Phi) is 5.16. The topological polar surface area (TPSA) is 42.1 Å². The fraction of sp³-hybridized carbons (Fsp3) is 0.667. The number of nitrogens with one attached hydrogen (secondary N) is 1. The number of hydrogen-bond donors (Lipinski definition) is 1. The van der Waals surface area contributed by atoms with Gasteiger partial charge in [0.1, 0.15) is 0 Å². The van der Waals surface area contributed by atoms with E-state index in [-0.39, 0.29) is 10.6 Å². The molecule has 0 aliphatic heterocycles. The van der Waals surface area contributed by atoms with E-state index >= 15 is 0 Å². The number of aromatic nitrogens is 1. The van der Waals surface area contributed by atoms with E-state index in [0.717, 1.165) is 30.6 Å². The monoisotopic (exact) mass is 281 g/mol. The molecular weight excluding hydrogens is 254 g/mol. The third-order valence-corrected chi connectivity index (χ3v) is 8.72. The lowest BCUT2D eigenvalue weighted by molar-refractivity contribution is 0.282. The lowest BCUT2D eigenvalue weighted by Gasteiger charge is -2.36. The highest BCUT2D eigenvalue weighted by Crippen LogP contribution is 2.36. The molecular formula is C15H27NO2Si. The molecule has 1 N–H and O–H groups in total. The summed E-state index contributed by atoms with van der Waals surface area (Å²) in [5, 5.41) is 0.257. The molecule has 0 atom stereocenters. The van der Waals surface area contributed by atoms with Crippen molar-refractivity contribution in [3.63, 3.8) is 0 Å². The van der Waals surface area contributed by atoms with Crippen LogP contribution >= 0.6 is 0 Å². The Balaban J connectivity index is 2.48. The zero-order valence-electron chi connectivity index (χ0n) is 13.1. The second-order valence-electron chi connectivity index (χ2n) is 6.67. The first-order valence-corrected chi connectivity index (χ1v) is 9.87. The van der Waals surface area contributed by atoms with Crippen molar-refractivity contribution >= 4 is 8.32 Å². The quantitative estimate of drug-likeness (QED) is 0.661. The summed E-state index contributed by atoms with van der Waals surface area (Å²) in [7, 11) is -1.64. The van der Waals surface area contributed by atoms with E-state index in [1.165, 1.54) is 0 Å². The maximum atomic E-state index is 11.5. The number of hydrogen-bond acceptors (Lipinski definition) is 2. The summed E-state index contributed by atoms with van der Waals surface area (Å²) in [5.41, 5.74) is 1.97. The Morgan fingerprint density at radius 3 is 2.53 bits per heavy atom. The third kappa shape index (κ3) is 4.32. The van der Waals surface area contributed by atoms with Crippen LogP contribution in [0.1, 0.15) is 38.3 Å². The van der Waals surface area contributed by atoms with Gasteiger partial charge in [-0.05, 0) is 49.5 Å². The summed E-state index contributed by atoms with van der Waals surface area (Å²) in [6.07, 6.45) is 3.60. The van der Waals surface area contributed by atoms with Gasteiger partial charge in [0.05, 0.1) is 0 Å². The second kappa shape index (κ2) is 6.05. The molecule has 108 valence electrons. The van der Waals surface area contributed by atoms with E-state index in [0.29, 0.717) is 0 Å². The highest BCUT2D eigenvalue weighted by Gasteiger charge is 2.36. The van der Waals surface area contributed by atoms with Crippen molar-refractivity contribution in [1.82, 2.24) is 4.98 Å². The lowest BCUT2D eigenvalue weighted by Crippen LogP contribution is -2.41. The van der Waals surface area contributed by atoms with E-state index in [9.17, 15) is 4.79 Å². The van der Waals surface area contributed by atoms with Crippen molar-refractivity contribution in [3.05, 3.63) is 33.7 Å². The molecule has 4 heteroatoms. The Labute approximate surface area is 117 Å². The summed E-state index contributed by atoms with van der Waals surface area (Å²) < 4.78 is 6.14. The predicted molar refractivity (Wildman–Crippen MR) is 83.3 cm³/mol. The van der Waals surface area contributed by atoms with Crippen molar-refractivity contribution in [3.8, 4) is 0 Å². The molecule has 19 heavy (non-hydrogen) atoms. The van der Waals surface area contributed by atoms with Crippen LogP contribution in [0.2, 0.25) is 18.1 Å². The van der Waals surface area contributed by atoms with E-state index in [1.807, 2.05) is 13.0 Å². The summed E-state index contributed by atoms with van der Waals surface area (Å²) in [6, 6.07) is 1.99. The van der Waals surface area contributed by atoms with Crippen LogP contribution in [0, 0.1) is 6.92 Å². The minimum atomic E-state index is -1.64. The zero-order chi connectivity index (χ0) is 14.7. The third-order valence-electron chi connectivity index (χ3n) is 4.18. The van der Waals surface area contributed by atoms with Crippen LogP contribution < -0.4 is 5.56 Å². The second-order valence-corrected chi connectivity index (χ2v) is 11.5. The number of rotatable bonds is 5. The first-order chi connectivity index (χ1) is 8.65. The molecule has 1 aromatic heterocycles. The molecule has 1 aromatic rings. The minimum Gasteiger partial charge on any atom is -0.417 e. The van der Waals surface area contributed by atoms with Crippen LogP contribution in [0.5, 0.6) is 0 Å². The first-order valence-electron chi connectivity index (χ1n) is 6.96. The molecule has 0 saturated heterocycles. The van der Waals surface area contributed by atoms with Crippen LogP contribution in [0.3, 0.4) is 0 Å². The van der Waals surface area contributed by atoms with Crippen LogP contribution in [0.25, 0.3) is 0 Å². The summed E-state index contributed by atoms with van der Waals surface area (Å²) >= 11 is 0. The average molecular weight is 281 g/mol. The molecule has 1 rings (SSSR count). The van der Waals surface area contributed by atoms with Gasteiger partial charge in [-0.15, -0.1) is 0 Å². The van der Waals surface area contributed by atoms with Gasteiger partial charge in [0.2, 0.25) is 0 Å². The van der Waals surface area contributed by atoms with Gasteiger partial charge >= 0.3 is 0 Å². The molecule has 0 aliphatic rings. The van der Waals surface area contributed by atoms with Crippen LogP contribution in [0.4, 0.5) is 0 Å². The molecule has 0 saturated carbocycles. The number of aryl methyl sites for hydroxylation is 1. The molecule has 0 unspecified atom stereocenters. The van der Waals surface area contributed by atoms with Gasteiger partial charge in [0.15, 0.2) is 8.32 Å². The molecule has 0 aliphatic carbocycles. The van der Waals surface area contributed by atoms with E-state index in [2.05, 4.69) is 38.8 Å². The molecule has 0 fully saturated rings. The summed E-state index contributed by atoms with van der Waals surface area (Å²) in [4.78, 5) is 14.2. The number of pyridine rings is 1. The molecule has 0 amide bonds. The summed E-state index contributed by atoms with van der Waals surface area (Å²) in [6.45, 7) is 13.9. The van der Waals surface area contributed by atoms with Crippen molar-refractivity contribution in [1.29, 1.82) is 0 Å². The zero-order valence-corrected chi connectivity index (χ0v) is 14.1. The highest BCUT2D eigenvalue weighted by molar-refractivity contribution is 6.74. The molecule has 0 spiro atoms. The van der Waals surface area contributed by atoms with Crippen molar-refractivity contribution in [2.24, 2.45) is 0 Å². The first kappa shape index (κ1) is 16.2.